The van der Waals surface area contributed by atoms with E-state index in [1.165, 1.54) is 109 Å². The van der Waals surface area contributed by atoms with Crippen molar-refractivity contribution in [3.63, 3.8) is 0 Å². The molecule has 0 aliphatic heterocycles. The van der Waals surface area contributed by atoms with Gasteiger partial charge in [0.15, 0.2) is 0 Å². The SMILES string of the molecule is CCCC/C=C\CCCCC(O)CC(=O)NC(COP(=O)(O)OCCN)C(O)/C=C/CC/C=C/CCCCCCCCCCCCCCCCC. The van der Waals surface area contributed by atoms with E-state index in [1.807, 2.05) is 6.08 Å². The average molecular weight is 743 g/mol. The zero-order valence-corrected chi connectivity index (χ0v) is 33.6. The van der Waals surface area contributed by atoms with Crippen LogP contribution in [0.15, 0.2) is 36.5 Å². The van der Waals surface area contributed by atoms with E-state index in [4.69, 9.17) is 14.8 Å². The Kier molecular flexibility index (Phi) is 36.1. The Balaban J connectivity index is 4.34. The molecular weight excluding hydrogens is 663 g/mol. The fourth-order valence-corrected chi connectivity index (χ4v) is 6.58. The van der Waals surface area contributed by atoms with Crippen LogP contribution in [-0.4, -0.2) is 59.0 Å². The number of nitrogens with one attached hydrogen (secondary N) is 1. The summed E-state index contributed by atoms with van der Waals surface area (Å²) in [5.74, 6) is -0.472. The molecule has 4 atom stereocenters. The smallest absolute Gasteiger partial charge is 0.393 e. The van der Waals surface area contributed by atoms with Crippen LogP contribution in [0.5, 0.6) is 0 Å². The highest BCUT2D eigenvalue weighted by atomic mass is 31.2. The molecule has 0 aromatic carbocycles. The molecule has 0 aromatic heterocycles. The van der Waals surface area contributed by atoms with Crippen LogP contribution in [-0.2, 0) is 18.4 Å². The summed E-state index contributed by atoms with van der Waals surface area (Å²) < 4.78 is 22.0. The zero-order valence-electron chi connectivity index (χ0n) is 32.7. The third kappa shape index (κ3) is 35.5. The van der Waals surface area contributed by atoms with Crippen molar-refractivity contribution >= 4 is 13.7 Å². The Morgan fingerprint density at radius 3 is 1.69 bits per heavy atom. The van der Waals surface area contributed by atoms with Crippen LogP contribution < -0.4 is 11.1 Å². The molecule has 0 bridgehead atoms. The molecule has 300 valence electrons. The van der Waals surface area contributed by atoms with E-state index in [9.17, 15) is 24.5 Å². The number of phosphoric ester groups is 1. The average Bonchev–Trinajstić information content (AvgIpc) is 3.10. The lowest BCUT2D eigenvalue weighted by Crippen LogP contribution is -2.46. The third-order valence-electron chi connectivity index (χ3n) is 8.99. The van der Waals surface area contributed by atoms with Gasteiger partial charge >= 0.3 is 7.82 Å². The molecule has 51 heavy (non-hydrogen) atoms. The first-order valence-corrected chi connectivity index (χ1v) is 22.2. The summed E-state index contributed by atoms with van der Waals surface area (Å²) in [6.45, 7) is 3.87. The molecule has 0 aromatic rings. The number of unbranched alkanes of at least 4 members (excludes halogenated alkanes) is 20. The van der Waals surface area contributed by atoms with E-state index in [1.54, 1.807) is 6.08 Å². The van der Waals surface area contributed by atoms with Crippen molar-refractivity contribution in [3.05, 3.63) is 36.5 Å². The van der Waals surface area contributed by atoms with E-state index in [0.717, 1.165) is 38.5 Å². The second kappa shape index (κ2) is 37.0. The Morgan fingerprint density at radius 1 is 0.667 bits per heavy atom. The monoisotopic (exact) mass is 743 g/mol. The number of aliphatic hydroxyl groups excluding tert-OH is 2. The highest BCUT2D eigenvalue weighted by Gasteiger charge is 2.27. The Hall–Kier alpha value is -1.32. The van der Waals surface area contributed by atoms with Crippen molar-refractivity contribution in [2.24, 2.45) is 5.73 Å². The minimum absolute atomic E-state index is 0.0421. The van der Waals surface area contributed by atoms with E-state index in [2.05, 4.69) is 43.5 Å². The number of carbonyl (C=O) groups is 1. The van der Waals surface area contributed by atoms with Gasteiger partial charge in [-0.1, -0.05) is 159 Å². The molecule has 10 heteroatoms. The van der Waals surface area contributed by atoms with Crippen molar-refractivity contribution in [1.29, 1.82) is 0 Å². The molecule has 0 rings (SSSR count). The first-order chi connectivity index (χ1) is 24.8. The summed E-state index contributed by atoms with van der Waals surface area (Å²) in [5.41, 5.74) is 5.34. The van der Waals surface area contributed by atoms with Gasteiger partial charge in [-0.2, -0.15) is 0 Å². The van der Waals surface area contributed by atoms with Crippen LogP contribution in [0.2, 0.25) is 0 Å². The molecule has 0 aliphatic rings. The molecule has 1 amide bonds. The van der Waals surface area contributed by atoms with Crippen LogP contribution >= 0.6 is 7.82 Å². The quantitative estimate of drug-likeness (QED) is 0.0238. The van der Waals surface area contributed by atoms with Gasteiger partial charge in [0.25, 0.3) is 0 Å². The van der Waals surface area contributed by atoms with Crippen molar-refractivity contribution < 1.29 is 33.5 Å². The van der Waals surface area contributed by atoms with Gasteiger partial charge in [-0.3, -0.25) is 13.8 Å². The lowest BCUT2D eigenvalue weighted by molar-refractivity contribution is -0.124. The topological polar surface area (TPSA) is 151 Å². The largest absolute Gasteiger partial charge is 0.472 e. The zero-order chi connectivity index (χ0) is 37.7. The van der Waals surface area contributed by atoms with Gasteiger partial charge in [0.05, 0.1) is 37.9 Å². The Labute approximate surface area is 312 Å². The number of carbonyl (C=O) groups excluding carboxylic acids is 1. The van der Waals surface area contributed by atoms with E-state index < -0.39 is 38.6 Å². The van der Waals surface area contributed by atoms with Gasteiger partial charge in [0, 0.05) is 6.54 Å². The first kappa shape index (κ1) is 49.7. The van der Waals surface area contributed by atoms with Crippen LogP contribution in [0.3, 0.4) is 0 Å². The number of amides is 1. The van der Waals surface area contributed by atoms with Crippen LogP contribution in [0, 0.1) is 0 Å². The number of phosphoric acid groups is 1. The molecule has 0 aliphatic carbocycles. The van der Waals surface area contributed by atoms with Crippen molar-refractivity contribution in [1.82, 2.24) is 5.32 Å². The van der Waals surface area contributed by atoms with Gasteiger partial charge in [-0.15, -0.1) is 0 Å². The summed E-state index contributed by atoms with van der Waals surface area (Å²) >= 11 is 0. The van der Waals surface area contributed by atoms with Gasteiger partial charge in [0.2, 0.25) is 5.91 Å². The van der Waals surface area contributed by atoms with Crippen molar-refractivity contribution in [2.45, 2.75) is 199 Å². The predicted octanol–water partition coefficient (Wildman–Crippen LogP) is 10.1. The fourth-order valence-electron chi connectivity index (χ4n) is 5.82. The van der Waals surface area contributed by atoms with Gasteiger partial charge in [0.1, 0.15) is 0 Å². The minimum atomic E-state index is -4.40. The Morgan fingerprint density at radius 2 is 1.14 bits per heavy atom. The van der Waals surface area contributed by atoms with Crippen LogP contribution in [0.1, 0.15) is 181 Å². The second-order valence-electron chi connectivity index (χ2n) is 14.0. The summed E-state index contributed by atoms with van der Waals surface area (Å²) in [5, 5.41) is 23.8. The summed E-state index contributed by atoms with van der Waals surface area (Å²) in [7, 11) is -4.40. The van der Waals surface area contributed by atoms with E-state index >= 15 is 0 Å². The molecule has 0 saturated carbocycles. The lowest BCUT2D eigenvalue weighted by Gasteiger charge is -2.24. The predicted molar refractivity (Wildman–Crippen MR) is 214 cm³/mol. The summed E-state index contributed by atoms with van der Waals surface area (Å²) in [6.07, 6.45) is 39.7. The summed E-state index contributed by atoms with van der Waals surface area (Å²) in [4.78, 5) is 22.6. The number of aliphatic hydroxyl groups is 2. The second-order valence-corrected chi connectivity index (χ2v) is 15.5. The van der Waals surface area contributed by atoms with Gasteiger partial charge in [-0.05, 0) is 51.4 Å². The number of hydrogen-bond donors (Lipinski definition) is 5. The molecule has 6 N–H and O–H groups in total. The molecule has 0 fully saturated rings. The number of allylic oxidation sites excluding steroid dienone is 5. The molecular formula is C41H79N2O7P. The molecule has 9 nitrogen and oxygen atoms in total. The summed E-state index contributed by atoms with van der Waals surface area (Å²) in [6, 6.07) is -1.00. The Bertz CT molecular complexity index is 914. The molecule has 0 spiro atoms. The molecule has 4 unspecified atom stereocenters. The van der Waals surface area contributed by atoms with E-state index in [0.29, 0.717) is 12.8 Å². The molecule has 0 saturated heterocycles. The minimum Gasteiger partial charge on any atom is -0.393 e. The third-order valence-corrected chi connectivity index (χ3v) is 9.98. The van der Waals surface area contributed by atoms with E-state index in [-0.39, 0.29) is 19.6 Å². The van der Waals surface area contributed by atoms with Crippen molar-refractivity contribution in [3.8, 4) is 0 Å². The standard InChI is InChI=1S/C41H79N2O7P/c1-3-5-7-9-11-13-14-15-16-17-18-19-20-21-22-23-24-25-27-29-31-33-40(45)39(37-50-51(47,48)49-35-34-42)43-41(46)36-38(44)32-30-28-26-12-10-8-6-4-2/h10,12,24-25,31,33,38-40,44-45H,3-9,11,13-23,26-30,32,34-37,42H2,1-2H3,(H,43,46)(H,47,48)/b12-10-,25-24+,33-31+. The highest BCUT2D eigenvalue weighted by molar-refractivity contribution is 7.47. The maximum absolute atomic E-state index is 12.7. The van der Waals surface area contributed by atoms with Crippen LogP contribution in [0.4, 0.5) is 0 Å². The molecule has 0 radical (unpaired) electrons. The number of rotatable bonds is 38. The molecule has 0 heterocycles. The number of hydrogen-bond acceptors (Lipinski definition) is 7. The maximum Gasteiger partial charge on any atom is 0.472 e. The van der Waals surface area contributed by atoms with Crippen LogP contribution in [0.25, 0.3) is 0 Å². The number of nitrogens with two attached hydrogens (primary N) is 1. The highest BCUT2D eigenvalue weighted by Crippen LogP contribution is 2.43. The first-order valence-electron chi connectivity index (χ1n) is 20.7. The van der Waals surface area contributed by atoms with Gasteiger partial charge < -0.3 is 26.2 Å². The fraction of sp³-hybridized carbons (Fsp3) is 0.829. The van der Waals surface area contributed by atoms with Crippen molar-refractivity contribution in [2.75, 3.05) is 19.8 Å². The van der Waals surface area contributed by atoms with Gasteiger partial charge in [-0.25, -0.2) is 4.57 Å². The lowest BCUT2D eigenvalue weighted by atomic mass is 10.0. The maximum atomic E-state index is 12.7. The normalized spacial score (nSPS) is 15.2.